The fraction of sp³-hybridized carbons (Fsp3) is 0.143. The average Bonchev–Trinajstić information content (AvgIpc) is 2.44. The summed E-state index contributed by atoms with van der Waals surface area (Å²) in [5, 5.41) is 14.5. The van der Waals surface area contributed by atoms with Crippen LogP contribution in [0.4, 0.5) is 5.69 Å². The van der Waals surface area contributed by atoms with Crippen LogP contribution in [0.25, 0.3) is 0 Å². The van der Waals surface area contributed by atoms with Gasteiger partial charge in [-0.2, -0.15) is 0 Å². The SMILES string of the molecule is CNCc1cc(Cl)ccc1Oc1cc([N+](=O)[O-])ccc1Br. The van der Waals surface area contributed by atoms with E-state index < -0.39 is 4.92 Å². The Morgan fingerprint density at radius 1 is 1.29 bits per heavy atom. The molecule has 21 heavy (non-hydrogen) atoms. The number of benzene rings is 2. The molecule has 0 fully saturated rings. The highest BCUT2D eigenvalue weighted by Gasteiger charge is 2.13. The first-order valence-corrected chi connectivity index (χ1v) is 7.23. The Kier molecular flexibility index (Phi) is 5.17. The van der Waals surface area contributed by atoms with E-state index in [1.54, 1.807) is 24.3 Å². The predicted octanol–water partition coefficient (Wildman–Crippen LogP) is 4.52. The largest absolute Gasteiger partial charge is 0.456 e. The van der Waals surface area contributed by atoms with Crippen molar-refractivity contribution in [3.63, 3.8) is 0 Å². The standard InChI is InChI=1S/C14H12BrClN2O3/c1-17-8-9-6-10(16)2-5-13(9)21-14-7-11(18(19)20)3-4-12(14)15/h2-7,17H,8H2,1H3. The smallest absolute Gasteiger partial charge is 0.273 e. The number of ether oxygens (including phenoxy) is 1. The molecule has 0 amide bonds. The molecule has 7 heteroatoms. The third kappa shape index (κ3) is 3.93. The van der Waals surface area contributed by atoms with Gasteiger partial charge in [0.1, 0.15) is 11.5 Å². The molecule has 0 radical (unpaired) electrons. The zero-order chi connectivity index (χ0) is 15.4. The fourth-order valence-electron chi connectivity index (χ4n) is 1.78. The van der Waals surface area contributed by atoms with Gasteiger partial charge >= 0.3 is 0 Å². The van der Waals surface area contributed by atoms with E-state index in [4.69, 9.17) is 16.3 Å². The van der Waals surface area contributed by atoms with Gasteiger partial charge in [0.2, 0.25) is 0 Å². The van der Waals surface area contributed by atoms with E-state index in [1.807, 2.05) is 7.05 Å². The number of rotatable bonds is 5. The molecule has 5 nitrogen and oxygen atoms in total. The van der Waals surface area contributed by atoms with Crippen molar-refractivity contribution < 1.29 is 9.66 Å². The molecule has 0 aliphatic heterocycles. The second-order valence-corrected chi connectivity index (χ2v) is 5.55. The van der Waals surface area contributed by atoms with Gasteiger partial charge in [0, 0.05) is 23.2 Å². The van der Waals surface area contributed by atoms with E-state index in [0.717, 1.165) is 5.56 Å². The van der Waals surface area contributed by atoms with Crippen LogP contribution in [0.15, 0.2) is 40.9 Å². The van der Waals surface area contributed by atoms with Crippen molar-refractivity contribution in [2.24, 2.45) is 0 Å². The van der Waals surface area contributed by atoms with Crippen molar-refractivity contribution >= 4 is 33.2 Å². The molecular weight excluding hydrogens is 360 g/mol. The van der Waals surface area contributed by atoms with E-state index in [9.17, 15) is 10.1 Å². The van der Waals surface area contributed by atoms with Gasteiger partial charge in [-0.25, -0.2) is 0 Å². The molecule has 2 aromatic rings. The van der Waals surface area contributed by atoms with Crippen LogP contribution in [0.2, 0.25) is 5.02 Å². The Hall–Kier alpha value is -1.63. The summed E-state index contributed by atoms with van der Waals surface area (Å²) in [5.74, 6) is 0.971. The van der Waals surface area contributed by atoms with Gasteiger partial charge in [0.25, 0.3) is 5.69 Å². The molecule has 0 aliphatic carbocycles. The summed E-state index contributed by atoms with van der Waals surface area (Å²) < 4.78 is 6.43. The Morgan fingerprint density at radius 2 is 2.05 bits per heavy atom. The van der Waals surface area contributed by atoms with Crippen LogP contribution in [0, 0.1) is 10.1 Å². The summed E-state index contributed by atoms with van der Waals surface area (Å²) in [6.45, 7) is 0.572. The van der Waals surface area contributed by atoms with Crippen molar-refractivity contribution in [2.45, 2.75) is 6.54 Å². The van der Waals surface area contributed by atoms with E-state index in [0.29, 0.717) is 27.5 Å². The summed E-state index contributed by atoms with van der Waals surface area (Å²) in [5.41, 5.74) is 0.834. The molecule has 110 valence electrons. The third-order valence-corrected chi connectivity index (χ3v) is 3.63. The first-order valence-electron chi connectivity index (χ1n) is 6.06. The number of non-ortho nitro benzene ring substituents is 1. The lowest BCUT2D eigenvalue weighted by molar-refractivity contribution is -0.384. The molecule has 0 saturated carbocycles. The predicted molar refractivity (Wildman–Crippen MR) is 85.1 cm³/mol. The average molecular weight is 372 g/mol. The number of nitro benzene ring substituents is 1. The summed E-state index contributed by atoms with van der Waals surface area (Å²) in [4.78, 5) is 10.4. The normalized spacial score (nSPS) is 10.4. The van der Waals surface area contributed by atoms with Gasteiger partial charge in [-0.3, -0.25) is 10.1 Å². The number of nitrogens with zero attached hydrogens (tertiary/aromatic N) is 1. The van der Waals surface area contributed by atoms with Crippen LogP contribution in [-0.4, -0.2) is 12.0 Å². The van der Waals surface area contributed by atoms with Crippen molar-refractivity contribution in [1.29, 1.82) is 0 Å². The number of halogens is 2. The number of nitrogens with one attached hydrogen (secondary N) is 1. The molecule has 2 rings (SSSR count). The highest BCUT2D eigenvalue weighted by atomic mass is 79.9. The van der Waals surface area contributed by atoms with Crippen LogP contribution in [0.5, 0.6) is 11.5 Å². The second-order valence-electron chi connectivity index (χ2n) is 4.26. The van der Waals surface area contributed by atoms with Gasteiger partial charge in [-0.15, -0.1) is 0 Å². The molecule has 0 bridgehead atoms. The monoisotopic (exact) mass is 370 g/mol. The summed E-state index contributed by atoms with van der Waals surface area (Å²) in [7, 11) is 1.81. The van der Waals surface area contributed by atoms with Crippen LogP contribution in [-0.2, 0) is 6.54 Å². The van der Waals surface area contributed by atoms with Crippen LogP contribution < -0.4 is 10.1 Å². The van der Waals surface area contributed by atoms with Gasteiger partial charge in [-0.05, 0) is 47.2 Å². The molecule has 0 unspecified atom stereocenters. The van der Waals surface area contributed by atoms with Crippen LogP contribution in [0.1, 0.15) is 5.56 Å². The van der Waals surface area contributed by atoms with E-state index in [2.05, 4.69) is 21.2 Å². The molecule has 0 atom stereocenters. The maximum atomic E-state index is 10.8. The number of nitro groups is 1. The van der Waals surface area contributed by atoms with Crippen molar-refractivity contribution in [1.82, 2.24) is 5.32 Å². The fourth-order valence-corrected chi connectivity index (χ4v) is 2.30. The maximum absolute atomic E-state index is 10.8. The highest BCUT2D eigenvalue weighted by Crippen LogP contribution is 2.35. The molecular formula is C14H12BrClN2O3. The zero-order valence-corrected chi connectivity index (χ0v) is 13.4. The first kappa shape index (κ1) is 15.8. The van der Waals surface area contributed by atoms with E-state index in [1.165, 1.54) is 12.1 Å². The Balaban J connectivity index is 2.37. The Morgan fingerprint density at radius 3 is 2.71 bits per heavy atom. The molecule has 0 aromatic heterocycles. The molecule has 1 N–H and O–H groups in total. The van der Waals surface area contributed by atoms with Gasteiger partial charge in [0.05, 0.1) is 15.5 Å². The van der Waals surface area contributed by atoms with E-state index in [-0.39, 0.29) is 5.69 Å². The quantitative estimate of drug-likeness (QED) is 0.620. The van der Waals surface area contributed by atoms with Crippen LogP contribution >= 0.6 is 27.5 Å². The molecule has 0 heterocycles. The summed E-state index contributed by atoms with van der Waals surface area (Å²) in [6, 6.07) is 9.61. The minimum absolute atomic E-state index is 0.0302. The number of hydrogen-bond acceptors (Lipinski definition) is 4. The summed E-state index contributed by atoms with van der Waals surface area (Å²) in [6.07, 6.45) is 0. The molecule has 2 aromatic carbocycles. The lowest BCUT2D eigenvalue weighted by Crippen LogP contribution is -2.06. The van der Waals surface area contributed by atoms with E-state index >= 15 is 0 Å². The van der Waals surface area contributed by atoms with Crippen LogP contribution in [0.3, 0.4) is 0 Å². The second kappa shape index (κ2) is 6.89. The summed E-state index contributed by atoms with van der Waals surface area (Å²) >= 11 is 9.30. The number of hydrogen-bond donors (Lipinski definition) is 1. The van der Waals surface area contributed by atoms with Crippen molar-refractivity contribution in [3.05, 3.63) is 61.6 Å². The zero-order valence-electron chi connectivity index (χ0n) is 11.1. The van der Waals surface area contributed by atoms with Crippen molar-refractivity contribution in [2.75, 3.05) is 7.05 Å². The highest BCUT2D eigenvalue weighted by molar-refractivity contribution is 9.10. The first-order chi connectivity index (χ1) is 10.0. The Labute approximate surface area is 135 Å². The van der Waals surface area contributed by atoms with Crippen molar-refractivity contribution in [3.8, 4) is 11.5 Å². The van der Waals surface area contributed by atoms with Gasteiger partial charge < -0.3 is 10.1 Å². The van der Waals surface area contributed by atoms with Gasteiger partial charge in [-0.1, -0.05) is 11.6 Å². The lowest BCUT2D eigenvalue weighted by atomic mass is 10.2. The Bertz CT molecular complexity index is 679. The minimum atomic E-state index is -0.463. The topological polar surface area (TPSA) is 64.4 Å². The minimum Gasteiger partial charge on any atom is -0.456 e. The van der Waals surface area contributed by atoms with Gasteiger partial charge in [0.15, 0.2) is 0 Å². The third-order valence-electron chi connectivity index (χ3n) is 2.74. The molecule has 0 saturated heterocycles. The maximum Gasteiger partial charge on any atom is 0.273 e. The molecule has 0 aliphatic rings. The molecule has 0 spiro atoms. The lowest BCUT2D eigenvalue weighted by Gasteiger charge is -2.12.